The van der Waals surface area contributed by atoms with Crippen molar-refractivity contribution in [1.29, 1.82) is 0 Å². The van der Waals surface area contributed by atoms with Gasteiger partial charge in [-0.05, 0) is 50.5 Å². The van der Waals surface area contributed by atoms with E-state index in [-0.39, 0.29) is 11.9 Å². The van der Waals surface area contributed by atoms with Gasteiger partial charge in [-0.3, -0.25) is 9.78 Å². The SMILES string of the molecule is Cc1nccc(C(=O)N2c3ccccc3CC2C)c1C. The van der Waals surface area contributed by atoms with E-state index >= 15 is 0 Å². The number of anilines is 1. The molecule has 0 spiro atoms. The number of carbonyl (C=O) groups is 1. The summed E-state index contributed by atoms with van der Waals surface area (Å²) in [5.74, 6) is 0.0745. The van der Waals surface area contributed by atoms with Crippen LogP contribution in [0.3, 0.4) is 0 Å². The van der Waals surface area contributed by atoms with Gasteiger partial charge in [0.25, 0.3) is 5.91 Å². The predicted octanol–water partition coefficient (Wildman–Crippen LogP) is 3.29. The number of para-hydroxylation sites is 1. The molecule has 0 N–H and O–H groups in total. The average Bonchev–Trinajstić information content (AvgIpc) is 2.77. The molecule has 0 bridgehead atoms. The molecule has 20 heavy (non-hydrogen) atoms. The van der Waals surface area contributed by atoms with Crippen molar-refractivity contribution in [2.24, 2.45) is 0 Å². The van der Waals surface area contributed by atoms with Crippen LogP contribution in [0.5, 0.6) is 0 Å². The van der Waals surface area contributed by atoms with E-state index in [1.54, 1.807) is 6.20 Å². The number of amides is 1. The van der Waals surface area contributed by atoms with Gasteiger partial charge in [-0.25, -0.2) is 0 Å². The summed E-state index contributed by atoms with van der Waals surface area (Å²) in [4.78, 5) is 19.0. The number of carbonyl (C=O) groups excluding carboxylic acids is 1. The van der Waals surface area contributed by atoms with Gasteiger partial charge in [0.1, 0.15) is 0 Å². The first-order valence-electron chi connectivity index (χ1n) is 6.93. The number of rotatable bonds is 1. The van der Waals surface area contributed by atoms with E-state index in [2.05, 4.69) is 18.0 Å². The van der Waals surface area contributed by atoms with Gasteiger partial charge in [-0.2, -0.15) is 0 Å². The lowest BCUT2D eigenvalue weighted by molar-refractivity contribution is 0.0980. The number of benzene rings is 1. The minimum absolute atomic E-state index is 0.0745. The minimum atomic E-state index is 0.0745. The van der Waals surface area contributed by atoms with Gasteiger partial charge in [-0.1, -0.05) is 18.2 Å². The van der Waals surface area contributed by atoms with Crippen molar-refractivity contribution in [3.63, 3.8) is 0 Å². The lowest BCUT2D eigenvalue weighted by atomic mass is 10.1. The summed E-state index contributed by atoms with van der Waals surface area (Å²) in [6, 6.07) is 10.2. The molecule has 1 aromatic carbocycles. The largest absolute Gasteiger partial charge is 0.305 e. The zero-order valence-corrected chi connectivity index (χ0v) is 12.1. The maximum atomic E-state index is 12.9. The summed E-state index contributed by atoms with van der Waals surface area (Å²) < 4.78 is 0. The van der Waals surface area contributed by atoms with E-state index in [0.29, 0.717) is 0 Å². The molecule has 0 fully saturated rings. The summed E-state index contributed by atoms with van der Waals surface area (Å²) in [5, 5.41) is 0. The minimum Gasteiger partial charge on any atom is -0.305 e. The highest BCUT2D eigenvalue weighted by Crippen LogP contribution is 2.33. The molecule has 1 unspecified atom stereocenters. The van der Waals surface area contributed by atoms with Crippen molar-refractivity contribution in [1.82, 2.24) is 4.98 Å². The van der Waals surface area contributed by atoms with Crippen LogP contribution in [0.1, 0.15) is 34.1 Å². The van der Waals surface area contributed by atoms with Crippen LogP contribution >= 0.6 is 0 Å². The lowest BCUT2D eigenvalue weighted by Crippen LogP contribution is -2.36. The Morgan fingerprint density at radius 1 is 1.25 bits per heavy atom. The second-order valence-corrected chi connectivity index (χ2v) is 5.43. The molecular weight excluding hydrogens is 248 g/mol. The second kappa shape index (κ2) is 4.75. The molecule has 3 nitrogen and oxygen atoms in total. The molecule has 3 rings (SSSR count). The summed E-state index contributed by atoms with van der Waals surface area (Å²) in [5.41, 5.74) is 4.92. The number of aromatic nitrogens is 1. The number of hydrogen-bond acceptors (Lipinski definition) is 2. The fourth-order valence-electron chi connectivity index (χ4n) is 2.88. The van der Waals surface area contributed by atoms with E-state index in [1.807, 2.05) is 43.0 Å². The standard InChI is InChI=1S/C17H18N2O/c1-11-10-14-6-4-5-7-16(14)19(11)17(20)15-8-9-18-13(3)12(15)2/h4-9,11H,10H2,1-3H3. The highest BCUT2D eigenvalue weighted by molar-refractivity contribution is 6.08. The number of aryl methyl sites for hydroxylation is 1. The van der Waals surface area contributed by atoms with Crippen LogP contribution < -0.4 is 4.90 Å². The Kier molecular flexibility index (Phi) is 3.05. The Morgan fingerprint density at radius 2 is 2.00 bits per heavy atom. The van der Waals surface area contributed by atoms with Crippen molar-refractivity contribution < 1.29 is 4.79 Å². The normalized spacial score (nSPS) is 17.1. The Morgan fingerprint density at radius 3 is 2.80 bits per heavy atom. The molecule has 0 aliphatic carbocycles. The lowest BCUT2D eigenvalue weighted by Gasteiger charge is -2.23. The third kappa shape index (κ3) is 1.90. The van der Waals surface area contributed by atoms with Crippen molar-refractivity contribution >= 4 is 11.6 Å². The van der Waals surface area contributed by atoms with Crippen molar-refractivity contribution in [3.8, 4) is 0 Å². The first-order valence-corrected chi connectivity index (χ1v) is 6.93. The van der Waals surface area contributed by atoms with Gasteiger partial charge >= 0.3 is 0 Å². The molecule has 1 aromatic heterocycles. The zero-order valence-electron chi connectivity index (χ0n) is 12.1. The van der Waals surface area contributed by atoms with Gasteiger partial charge in [0.2, 0.25) is 0 Å². The molecule has 0 radical (unpaired) electrons. The molecule has 1 aliphatic heterocycles. The Bertz CT molecular complexity index is 678. The summed E-state index contributed by atoms with van der Waals surface area (Å²) in [6.45, 7) is 6.00. The highest BCUT2D eigenvalue weighted by atomic mass is 16.2. The van der Waals surface area contributed by atoms with Gasteiger partial charge < -0.3 is 4.90 Å². The van der Waals surface area contributed by atoms with Crippen LogP contribution in [0.15, 0.2) is 36.5 Å². The van der Waals surface area contributed by atoms with Crippen molar-refractivity contribution in [2.45, 2.75) is 33.2 Å². The van der Waals surface area contributed by atoms with E-state index in [0.717, 1.165) is 28.9 Å². The molecule has 1 aliphatic rings. The Hall–Kier alpha value is -2.16. The molecule has 1 atom stereocenters. The van der Waals surface area contributed by atoms with Crippen LogP contribution in [0, 0.1) is 13.8 Å². The average molecular weight is 266 g/mol. The first kappa shape index (κ1) is 12.9. The predicted molar refractivity (Wildman–Crippen MR) is 80.1 cm³/mol. The summed E-state index contributed by atoms with van der Waals surface area (Å²) >= 11 is 0. The van der Waals surface area contributed by atoms with E-state index < -0.39 is 0 Å². The summed E-state index contributed by atoms with van der Waals surface area (Å²) in [6.07, 6.45) is 2.63. The van der Waals surface area contributed by atoms with Crippen molar-refractivity contribution in [2.75, 3.05) is 4.90 Å². The molecule has 0 saturated carbocycles. The fourth-order valence-corrected chi connectivity index (χ4v) is 2.88. The third-order valence-corrected chi connectivity index (χ3v) is 4.11. The number of hydrogen-bond donors (Lipinski definition) is 0. The van der Waals surface area contributed by atoms with Crippen LogP contribution in [0.4, 0.5) is 5.69 Å². The van der Waals surface area contributed by atoms with Gasteiger partial charge in [-0.15, -0.1) is 0 Å². The Labute approximate surface area is 119 Å². The zero-order chi connectivity index (χ0) is 14.3. The third-order valence-electron chi connectivity index (χ3n) is 4.11. The highest BCUT2D eigenvalue weighted by Gasteiger charge is 2.31. The maximum absolute atomic E-state index is 12.9. The van der Waals surface area contributed by atoms with Crippen molar-refractivity contribution in [3.05, 3.63) is 58.9 Å². The van der Waals surface area contributed by atoms with E-state index in [4.69, 9.17) is 0 Å². The van der Waals surface area contributed by atoms with Gasteiger partial charge in [0.15, 0.2) is 0 Å². The fraction of sp³-hybridized carbons (Fsp3) is 0.294. The molecular formula is C17H18N2O. The van der Waals surface area contributed by atoms with Crippen LogP contribution in [-0.2, 0) is 6.42 Å². The van der Waals surface area contributed by atoms with Crippen LogP contribution in [0.2, 0.25) is 0 Å². The monoisotopic (exact) mass is 266 g/mol. The molecule has 1 amide bonds. The molecule has 0 saturated heterocycles. The number of fused-ring (bicyclic) bond motifs is 1. The van der Waals surface area contributed by atoms with E-state index in [1.165, 1.54) is 5.56 Å². The Balaban J connectivity index is 2.05. The molecule has 2 aromatic rings. The number of nitrogens with zero attached hydrogens (tertiary/aromatic N) is 2. The summed E-state index contributed by atoms with van der Waals surface area (Å²) in [7, 11) is 0. The van der Waals surface area contributed by atoms with Gasteiger partial charge in [0.05, 0.1) is 0 Å². The molecule has 2 heterocycles. The maximum Gasteiger partial charge on any atom is 0.258 e. The van der Waals surface area contributed by atoms with Crippen LogP contribution in [0.25, 0.3) is 0 Å². The topological polar surface area (TPSA) is 33.2 Å². The smallest absolute Gasteiger partial charge is 0.258 e. The molecule has 102 valence electrons. The van der Waals surface area contributed by atoms with Gasteiger partial charge in [0, 0.05) is 29.2 Å². The molecule has 3 heteroatoms. The van der Waals surface area contributed by atoms with E-state index in [9.17, 15) is 4.79 Å². The van der Waals surface area contributed by atoms with Crippen LogP contribution in [-0.4, -0.2) is 16.9 Å². The second-order valence-electron chi connectivity index (χ2n) is 5.43. The quantitative estimate of drug-likeness (QED) is 0.793. The number of pyridine rings is 1. The first-order chi connectivity index (χ1) is 9.59.